The fourth-order valence-electron chi connectivity index (χ4n) is 1.54. The first kappa shape index (κ1) is 15.9. The van der Waals surface area contributed by atoms with Crippen molar-refractivity contribution in [1.29, 1.82) is 5.26 Å². The quantitative estimate of drug-likeness (QED) is 0.736. The second kappa shape index (κ2) is 7.29. The molecular formula is C13H25N3O. The van der Waals surface area contributed by atoms with E-state index in [1.807, 2.05) is 39.6 Å². The maximum atomic E-state index is 11.5. The third-order valence-electron chi connectivity index (χ3n) is 2.51. The van der Waals surface area contributed by atoms with Crippen LogP contribution in [0.25, 0.3) is 0 Å². The highest BCUT2D eigenvalue weighted by molar-refractivity contribution is 5.78. The number of nitrogens with one attached hydrogen (secondary N) is 1. The van der Waals surface area contributed by atoms with Gasteiger partial charge in [-0.3, -0.25) is 9.69 Å². The minimum atomic E-state index is -0.263. The number of carbonyl (C=O) groups is 1. The molecule has 17 heavy (non-hydrogen) atoms. The largest absolute Gasteiger partial charge is 0.353 e. The Morgan fingerprint density at radius 1 is 1.47 bits per heavy atom. The van der Waals surface area contributed by atoms with Gasteiger partial charge in [0.15, 0.2) is 0 Å². The van der Waals surface area contributed by atoms with E-state index >= 15 is 0 Å². The van der Waals surface area contributed by atoms with Gasteiger partial charge in [-0.05, 0) is 54.1 Å². The van der Waals surface area contributed by atoms with Gasteiger partial charge in [0.05, 0.1) is 18.0 Å². The average molecular weight is 239 g/mol. The molecule has 0 rings (SSSR count). The molecule has 1 amide bonds. The summed E-state index contributed by atoms with van der Waals surface area (Å²) in [5, 5.41) is 11.7. The SMILES string of the molecule is CC(C)NC(=O)CN(C)CCCC(C)(C)C#N. The van der Waals surface area contributed by atoms with Crippen molar-refractivity contribution in [3.63, 3.8) is 0 Å². The topological polar surface area (TPSA) is 56.1 Å². The van der Waals surface area contributed by atoms with Gasteiger partial charge in [0, 0.05) is 6.04 Å². The molecule has 0 bridgehead atoms. The van der Waals surface area contributed by atoms with Gasteiger partial charge in [-0.25, -0.2) is 0 Å². The molecule has 0 aliphatic rings. The lowest BCUT2D eigenvalue weighted by Crippen LogP contribution is -2.38. The first-order valence-corrected chi connectivity index (χ1v) is 6.16. The van der Waals surface area contributed by atoms with Crippen molar-refractivity contribution in [3.8, 4) is 6.07 Å². The average Bonchev–Trinajstić information content (AvgIpc) is 2.15. The van der Waals surface area contributed by atoms with E-state index in [1.54, 1.807) is 0 Å². The van der Waals surface area contributed by atoms with Crippen LogP contribution in [0.1, 0.15) is 40.5 Å². The van der Waals surface area contributed by atoms with Crippen LogP contribution in [0.15, 0.2) is 0 Å². The van der Waals surface area contributed by atoms with Crippen LogP contribution in [0.4, 0.5) is 0 Å². The molecule has 0 aromatic rings. The number of nitriles is 1. The van der Waals surface area contributed by atoms with E-state index in [4.69, 9.17) is 5.26 Å². The van der Waals surface area contributed by atoms with Crippen molar-refractivity contribution >= 4 is 5.91 Å². The molecule has 0 atom stereocenters. The van der Waals surface area contributed by atoms with Gasteiger partial charge in [0.2, 0.25) is 5.91 Å². The molecule has 0 spiro atoms. The van der Waals surface area contributed by atoms with Crippen molar-refractivity contribution in [1.82, 2.24) is 10.2 Å². The van der Waals surface area contributed by atoms with E-state index in [-0.39, 0.29) is 17.4 Å². The lowest BCUT2D eigenvalue weighted by Gasteiger charge is -2.20. The zero-order valence-corrected chi connectivity index (χ0v) is 11.7. The minimum Gasteiger partial charge on any atom is -0.353 e. The van der Waals surface area contributed by atoms with Gasteiger partial charge in [0.1, 0.15) is 0 Å². The normalized spacial score (nSPS) is 11.6. The van der Waals surface area contributed by atoms with Crippen molar-refractivity contribution in [2.45, 2.75) is 46.6 Å². The van der Waals surface area contributed by atoms with Crippen LogP contribution in [0.2, 0.25) is 0 Å². The Balaban J connectivity index is 3.78. The molecule has 0 aromatic carbocycles. The zero-order chi connectivity index (χ0) is 13.5. The summed E-state index contributed by atoms with van der Waals surface area (Å²) in [6.45, 7) is 9.05. The molecule has 0 saturated carbocycles. The Morgan fingerprint density at radius 2 is 2.06 bits per heavy atom. The molecule has 0 aliphatic heterocycles. The predicted molar refractivity (Wildman–Crippen MR) is 69.4 cm³/mol. The minimum absolute atomic E-state index is 0.0574. The molecule has 0 radical (unpaired) electrons. The Labute approximate surface area is 105 Å². The second-order valence-corrected chi connectivity index (χ2v) is 5.56. The maximum absolute atomic E-state index is 11.5. The fourth-order valence-corrected chi connectivity index (χ4v) is 1.54. The molecule has 0 heterocycles. The van der Waals surface area contributed by atoms with Crippen molar-refractivity contribution in [2.75, 3.05) is 20.1 Å². The number of hydrogen-bond donors (Lipinski definition) is 1. The summed E-state index contributed by atoms with van der Waals surface area (Å²) in [5.74, 6) is 0.0574. The summed E-state index contributed by atoms with van der Waals surface area (Å²) >= 11 is 0. The first-order chi connectivity index (χ1) is 7.76. The Kier molecular flexibility index (Phi) is 6.82. The molecule has 0 unspecified atom stereocenters. The van der Waals surface area contributed by atoms with Gasteiger partial charge in [-0.1, -0.05) is 0 Å². The van der Waals surface area contributed by atoms with Crippen molar-refractivity contribution in [2.24, 2.45) is 5.41 Å². The van der Waals surface area contributed by atoms with Crippen LogP contribution in [0, 0.1) is 16.7 Å². The highest BCUT2D eigenvalue weighted by Gasteiger charge is 2.16. The molecule has 1 N–H and O–H groups in total. The predicted octanol–water partition coefficient (Wildman–Crippen LogP) is 1.77. The summed E-state index contributed by atoms with van der Waals surface area (Å²) in [4.78, 5) is 13.5. The molecule has 0 aliphatic carbocycles. The molecule has 4 heteroatoms. The number of amides is 1. The van der Waals surface area contributed by atoms with Crippen molar-refractivity contribution < 1.29 is 4.79 Å². The standard InChI is InChI=1S/C13H25N3O/c1-11(2)15-12(17)9-16(5)8-6-7-13(3,4)10-14/h11H,6-9H2,1-5H3,(H,15,17). The van der Waals surface area contributed by atoms with Crippen LogP contribution in [0.3, 0.4) is 0 Å². The summed E-state index contributed by atoms with van der Waals surface area (Å²) in [6, 6.07) is 2.47. The molecule has 0 saturated heterocycles. The van der Waals surface area contributed by atoms with Crippen LogP contribution >= 0.6 is 0 Å². The van der Waals surface area contributed by atoms with Crippen LogP contribution in [-0.4, -0.2) is 37.0 Å². The lowest BCUT2D eigenvalue weighted by atomic mass is 9.90. The first-order valence-electron chi connectivity index (χ1n) is 6.16. The number of likely N-dealkylation sites (N-methyl/N-ethyl adjacent to an activating group) is 1. The number of rotatable bonds is 7. The zero-order valence-electron chi connectivity index (χ0n) is 11.7. The molecule has 98 valence electrons. The van der Waals surface area contributed by atoms with Crippen molar-refractivity contribution in [3.05, 3.63) is 0 Å². The van der Waals surface area contributed by atoms with E-state index < -0.39 is 0 Å². The molecule has 0 aromatic heterocycles. The Hall–Kier alpha value is -1.08. The van der Waals surface area contributed by atoms with E-state index in [9.17, 15) is 4.79 Å². The number of nitrogens with zero attached hydrogens (tertiary/aromatic N) is 2. The smallest absolute Gasteiger partial charge is 0.234 e. The summed E-state index contributed by atoms with van der Waals surface area (Å²) in [6.07, 6.45) is 1.80. The molecular weight excluding hydrogens is 214 g/mol. The van der Waals surface area contributed by atoms with Crippen LogP contribution < -0.4 is 5.32 Å². The second-order valence-electron chi connectivity index (χ2n) is 5.56. The van der Waals surface area contributed by atoms with Gasteiger partial charge >= 0.3 is 0 Å². The monoisotopic (exact) mass is 239 g/mol. The van der Waals surface area contributed by atoms with Gasteiger partial charge in [-0.2, -0.15) is 5.26 Å². The van der Waals surface area contributed by atoms with E-state index in [1.165, 1.54) is 0 Å². The molecule has 0 fully saturated rings. The maximum Gasteiger partial charge on any atom is 0.234 e. The van der Waals surface area contributed by atoms with Crippen LogP contribution in [0.5, 0.6) is 0 Å². The highest BCUT2D eigenvalue weighted by Crippen LogP contribution is 2.20. The van der Waals surface area contributed by atoms with Gasteiger partial charge in [0.25, 0.3) is 0 Å². The van der Waals surface area contributed by atoms with Gasteiger partial charge in [-0.15, -0.1) is 0 Å². The fraction of sp³-hybridized carbons (Fsp3) is 0.846. The summed E-state index contributed by atoms with van der Waals surface area (Å²) in [7, 11) is 1.93. The summed E-state index contributed by atoms with van der Waals surface area (Å²) in [5.41, 5.74) is -0.263. The van der Waals surface area contributed by atoms with Gasteiger partial charge < -0.3 is 5.32 Å². The third kappa shape index (κ3) is 8.70. The van der Waals surface area contributed by atoms with E-state index in [0.717, 1.165) is 19.4 Å². The Bertz CT molecular complexity index is 279. The summed E-state index contributed by atoms with van der Waals surface area (Å²) < 4.78 is 0. The molecule has 4 nitrogen and oxygen atoms in total. The number of carbonyl (C=O) groups excluding carboxylic acids is 1. The van der Waals surface area contributed by atoms with Crippen LogP contribution in [-0.2, 0) is 4.79 Å². The third-order valence-corrected chi connectivity index (χ3v) is 2.51. The lowest BCUT2D eigenvalue weighted by molar-refractivity contribution is -0.122. The number of hydrogen-bond acceptors (Lipinski definition) is 3. The van der Waals surface area contributed by atoms with E-state index in [0.29, 0.717) is 6.54 Å². The Morgan fingerprint density at radius 3 is 2.53 bits per heavy atom. The van der Waals surface area contributed by atoms with E-state index in [2.05, 4.69) is 11.4 Å². The highest BCUT2D eigenvalue weighted by atomic mass is 16.2.